The molecule has 0 spiro atoms. The molecule has 0 fully saturated rings. The first-order valence-electron chi connectivity index (χ1n) is 5.90. The molecule has 0 aliphatic rings. The number of nitrogens with two attached hydrogens (primary N) is 1. The van der Waals surface area contributed by atoms with Crippen LogP contribution in [-0.2, 0) is 0 Å². The van der Waals surface area contributed by atoms with Gasteiger partial charge in [-0.05, 0) is 24.1 Å². The second kappa shape index (κ2) is 5.04. The Morgan fingerprint density at radius 2 is 2.17 bits per heavy atom. The molecule has 4 nitrogen and oxygen atoms in total. The number of hydrogen-bond donors (Lipinski definition) is 1. The number of carbonyl (C=O) groups excluding carboxylic acids is 1. The fourth-order valence-electron chi connectivity index (χ4n) is 1.73. The molecule has 2 aromatic rings. The molecule has 0 unspecified atom stereocenters. The zero-order chi connectivity index (χ0) is 13.1. The second-order valence-electron chi connectivity index (χ2n) is 4.58. The number of carbonyl (C=O) groups is 1. The number of hydrogen-bond acceptors (Lipinski definition) is 3. The molecular weight excluding hydrogens is 228 g/mol. The van der Waals surface area contributed by atoms with Gasteiger partial charge in [0.05, 0.1) is 6.61 Å². The third-order valence-electron chi connectivity index (χ3n) is 2.57. The van der Waals surface area contributed by atoms with Crippen molar-refractivity contribution in [1.29, 1.82) is 0 Å². The Balaban J connectivity index is 2.50. The molecule has 0 aliphatic carbocycles. The molecule has 1 aromatic heterocycles. The van der Waals surface area contributed by atoms with Gasteiger partial charge in [0.1, 0.15) is 11.3 Å². The standard InChI is InChI=1S/C14H16N2O2/c1-9(2)8-18-12-6-5-11(14(15)17)10-4-3-7-16-13(10)12/h3-7,9H,8H2,1-2H3,(H2,15,17). The molecule has 0 saturated heterocycles. The number of aromatic nitrogens is 1. The second-order valence-corrected chi connectivity index (χ2v) is 4.58. The summed E-state index contributed by atoms with van der Waals surface area (Å²) in [7, 11) is 0. The van der Waals surface area contributed by atoms with E-state index in [0.29, 0.717) is 29.4 Å². The zero-order valence-electron chi connectivity index (χ0n) is 10.5. The predicted octanol–water partition coefficient (Wildman–Crippen LogP) is 2.37. The predicted molar refractivity (Wildman–Crippen MR) is 70.6 cm³/mol. The van der Waals surface area contributed by atoms with Crippen molar-refractivity contribution < 1.29 is 9.53 Å². The fraction of sp³-hybridized carbons (Fsp3) is 0.286. The maximum absolute atomic E-state index is 11.3. The van der Waals surface area contributed by atoms with Crippen LogP contribution in [0, 0.1) is 5.92 Å². The number of nitrogens with zero attached hydrogens (tertiary/aromatic N) is 1. The molecule has 4 heteroatoms. The van der Waals surface area contributed by atoms with Gasteiger partial charge in [-0.25, -0.2) is 0 Å². The highest BCUT2D eigenvalue weighted by Gasteiger charge is 2.11. The zero-order valence-corrected chi connectivity index (χ0v) is 10.5. The number of fused-ring (bicyclic) bond motifs is 1. The molecule has 0 radical (unpaired) electrons. The van der Waals surface area contributed by atoms with Gasteiger partial charge in [-0.2, -0.15) is 0 Å². The van der Waals surface area contributed by atoms with Gasteiger partial charge in [0.2, 0.25) is 5.91 Å². The van der Waals surface area contributed by atoms with Crippen LogP contribution in [0.5, 0.6) is 5.75 Å². The highest BCUT2D eigenvalue weighted by atomic mass is 16.5. The van der Waals surface area contributed by atoms with E-state index in [4.69, 9.17) is 10.5 Å². The van der Waals surface area contributed by atoms with Gasteiger partial charge in [0.25, 0.3) is 0 Å². The first-order chi connectivity index (χ1) is 8.59. The Morgan fingerprint density at radius 3 is 2.83 bits per heavy atom. The fourth-order valence-corrected chi connectivity index (χ4v) is 1.73. The Bertz CT molecular complexity index is 579. The summed E-state index contributed by atoms with van der Waals surface area (Å²) in [5, 5.41) is 0.728. The van der Waals surface area contributed by atoms with Gasteiger partial charge in [0, 0.05) is 17.1 Å². The van der Waals surface area contributed by atoms with Crippen molar-refractivity contribution in [3.8, 4) is 5.75 Å². The highest BCUT2D eigenvalue weighted by Crippen LogP contribution is 2.26. The van der Waals surface area contributed by atoms with Gasteiger partial charge in [-0.3, -0.25) is 9.78 Å². The maximum atomic E-state index is 11.3. The molecule has 18 heavy (non-hydrogen) atoms. The first kappa shape index (κ1) is 12.4. The Morgan fingerprint density at radius 1 is 1.39 bits per heavy atom. The van der Waals surface area contributed by atoms with Crippen LogP contribution in [0.4, 0.5) is 0 Å². The smallest absolute Gasteiger partial charge is 0.249 e. The number of primary amides is 1. The van der Waals surface area contributed by atoms with E-state index in [9.17, 15) is 4.79 Å². The SMILES string of the molecule is CC(C)COc1ccc(C(N)=O)c2cccnc12. The normalized spacial score (nSPS) is 10.8. The van der Waals surface area contributed by atoms with Crippen LogP contribution in [0.2, 0.25) is 0 Å². The monoisotopic (exact) mass is 244 g/mol. The van der Waals surface area contributed by atoms with Crippen LogP contribution in [0.15, 0.2) is 30.5 Å². The minimum atomic E-state index is -0.455. The van der Waals surface area contributed by atoms with E-state index in [1.54, 1.807) is 24.4 Å². The first-order valence-corrected chi connectivity index (χ1v) is 5.90. The van der Waals surface area contributed by atoms with Crippen LogP contribution >= 0.6 is 0 Å². The highest BCUT2D eigenvalue weighted by molar-refractivity contribution is 6.06. The molecular formula is C14H16N2O2. The van der Waals surface area contributed by atoms with Gasteiger partial charge < -0.3 is 10.5 Å². The summed E-state index contributed by atoms with van der Waals surface area (Å²) < 4.78 is 5.70. The van der Waals surface area contributed by atoms with Gasteiger partial charge >= 0.3 is 0 Å². The molecule has 1 heterocycles. The molecule has 1 amide bonds. The largest absolute Gasteiger partial charge is 0.491 e. The van der Waals surface area contributed by atoms with E-state index in [1.807, 2.05) is 6.07 Å². The van der Waals surface area contributed by atoms with E-state index >= 15 is 0 Å². The van der Waals surface area contributed by atoms with E-state index in [1.165, 1.54) is 0 Å². The van der Waals surface area contributed by atoms with Crippen molar-refractivity contribution in [2.75, 3.05) is 6.61 Å². The van der Waals surface area contributed by atoms with E-state index in [0.717, 1.165) is 5.39 Å². The molecule has 94 valence electrons. The topological polar surface area (TPSA) is 65.2 Å². The lowest BCUT2D eigenvalue weighted by molar-refractivity contribution is 0.100. The van der Waals surface area contributed by atoms with Gasteiger partial charge in [-0.1, -0.05) is 19.9 Å². The Hall–Kier alpha value is -2.10. The number of benzene rings is 1. The molecule has 0 atom stereocenters. The molecule has 0 aliphatic heterocycles. The van der Waals surface area contributed by atoms with Gasteiger partial charge in [-0.15, -0.1) is 0 Å². The molecule has 0 bridgehead atoms. The van der Waals surface area contributed by atoms with Crippen molar-refractivity contribution in [3.63, 3.8) is 0 Å². The number of amides is 1. The van der Waals surface area contributed by atoms with Crippen molar-refractivity contribution in [2.24, 2.45) is 11.7 Å². The third kappa shape index (κ3) is 2.42. The summed E-state index contributed by atoms with van der Waals surface area (Å²) in [6.07, 6.45) is 1.68. The number of rotatable bonds is 4. The molecule has 0 saturated carbocycles. The lowest BCUT2D eigenvalue weighted by Crippen LogP contribution is -2.12. The molecule has 2 rings (SSSR count). The van der Waals surface area contributed by atoms with Crippen LogP contribution in [0.25, 0.3) is 10.9 Å². The summed E-state index contributed by atoms with van der Waals surface area (Å²) in [5.41, 5.74) is 6.49. The van der Waals surface area contributed by atoms with Crippen LogP contribution in [0.3, 0.4) is 0 Å². The van der Waals surface area contributed by atoms with E-state index < -0.39 is 5.91 Å². The summed E-state index contributed by atoms with van der Waals surface area (Å²) >= 11 is 0. The Kier molecular flexibility index (Phi) is 3.46. The Labute approximate surface area is 106 Å². The average molecular weight is 244 g/mol. The van der Waals surface area contributed by atoms with E-state index in [2.05, 4.69) is 18.8 Å². The van der Waals surface area contributed by atoms with Crippen molar-refractivity contribution in [2.45, 2.75) is 13.8 Å². The summed E-state index contributed by atoms with van der Waals surface area (Å²) in [6.45, 7) is 4.77. The summed E-state index contributed by atoms with van der Waals surface area (Å²) in [4.78, 5) is 15.6. The van der Waals surface area contributed by atoms with Crippen LogP contribution in [0.1, 0.15) is 24.2 Å². The number of pyridine rings is 1. The molecule has 2 N–H and O–H groups in total. The quantitative estimate of drug-likeness (QED) is 0.897. The van der Waals surface area contributed by atoms with Crippen LogP contribution < -0.4 is 10.5 Å². The van der Waals surface area contributed by atoms with Crippen molar-refractivity contribution >= 4 is 16.8 Å². The summed E-state index contributed by atoms with van der Waals surface area (Å²) in [6, 6.07) is 7.03. The lowest BCUT2D eigenvalue weighted by Gasteiger charge is -2.11. The molecule has 1 aromatic carbocycles. The van der Waals surface area contributed by atoms with Crippen molar-refractivity contribution in [3.05, 3.63) is 36.0 Å². The van der Waals surface area contributed by atoms with E-state index in [-0.39, 0.29) is 0 Å². The minimum Gasteiger partial charge on any atom is -0.491 e. The minimum absolute atomic E-state index is 0.430. The third-order valence-corrected chi connectivity index (χ3v) is 2.57. The maximum Gasteiger partial charge on any atom is 0.249 e. The summed E-state index contributed by atoms with van der Waals surface area (Å²) in [5.74, 6) is 0.660. The van der Waals surface area contributed by atoms with Crippen molar-refractivity contribution in [1.82, 2.24) is 4.98 Å². The number of ether oxygens (including phenoxy) is 1. The average Bonchev–Trinajstić information content (AvgIpc) is 2.35. The van der Waals surface area contributed by atoms with Gasteiger partial charge in [0.15, 0.2) is 0 Å². The van der Waals surface area contributed by atoms with Crippen LogP contribution in [-0.4, -0.2) is 17.5 Å². The lowest BCUT2D eigenvalue weighted by atomic mass is 10.1.